The van der Waals surface area contributed by atoms with Crippen molar-refractivity contribution >= 4 is 51.3 Å². The zero-order valence-electron chi connectivity index (χ0n) is 18.4. The predicted molar refractivity (Wildman–Crippen MR) is 134 cm³/mol. The number of hydrogen-bond donors (Lipinski definition) is 1. The fraction of sp³-hybridized carbons (Fsp3) is 0.154. The molecule has 1 N–H and O–H groups in total. The summed E-state index contributed by atoms with van der Waals surface area (Å²) in [7, 11) is 0. The van der Waals surface area contributed by atoms with Gasteiger partial charge in [-0.1, -0.05) is 35.3 Å². The van der Waals surface area contributed by atoms with Crippen molar-refractivity contribution in [3.05, 3.63) is 82.3 Å². The van der Waals surface area contributed by atoms with Crippen molar-refractivity contribution < 1.29 is 13.9 Å². The number of rotatable bonds is 6. The summed E-state index contributed by atoms with van der Waals surface area (Å²) in [6.45, 7) is 6.23. The van der Waals surface area contributed by atoms with Crippen LogP contribution in [0.4, 0.5) is 5.69 Å². The number of aryl methyl sites for hydroxylation is 1. The number of aromatic nitrogens is 1. The van der Waals surface area contributed by atoms with Crippen LogP contribution in [0.3, 0.4) is 0 Å². The quantitative estimate of drug-likeness (QED) is 0.228. The average Bonchev–Trinajstić information content (AvgIpc) is 3.22. The van der Waals surface area contributed by atoms with Crippen molar-refractivity contribution in [2.24, 2.45) is 0 Å². The highest BCUT2D eigenvalue weighted by Gasteiger charge is 2.19. The topological polar surface area (TPSA) is 64.4 Å². The van der Waals surface area contributed by atoms with Crippen molar-refractivity contribution in [3.8, 4) is 16.9 Å². The molecule has 0 aliphatic carbocycles. The summed E-state index contributed by atoms with van der Waals surface area (Å²) >= 11 is 12.1. The lowest BCUT2D eigenvalue weighted by molar-refractivity contribution is -0.111. The van der Waals surface area contributed by atoms with Gasteiger partial charge in [0.25, 0.3) is 0 Å². The first-order chi connectivity index (χ1) is 15.9. The maximum absolute atomic E-state index is 12.7. The minimum Gasteiger partial charge on any atom is -0.493 e. The molecule has 0 radical (unpaired) electrons. The molecule has 4 aromatic rings. The number of halogens is 2. The molecule has 1 amide bonds. The van der Waals surface area contributed by atoms with Crippen LogP contribution in [0.1, 0.15) is 25.0 Å². The van der Waals surface area contributed by atoms with E-state index in [4.69, 9.17) is 32.4 Å². The molecule has 0 unspecified atom stereocenters. The molecule has 168 valence electrons. The largest absolute Gasteiger partial charge is 0.493 e. The van der Waals surface area contributed by atoms with Crippen molar-refractivity contribution in [3.63, 3.8) is 0 Å². The van der Waals surface area contributed by atoms with Gasteiger partial charge < -0.3 is 14.5 Å². The van der Waals surface area contributed by atoms with E-state index < -0.39 is 0 Å². The smallest absolute Gasteiger partial charge is 0.248 e. The Kier molecular flexibility index (Phi) is 6.72. The molecule has 2 aromatic carbocycles. The van der Waals surface area contributed by atoms with E-state index >= 15 is 0 Å². The first-order valence-electron chi connectivity index (χ1n) is 10.4. The second kappa shape index (κ2) is 9.69. The fourth-order valence-corrected chi connectivity index (χ4v) is 4.01. The van der Waals surface area contributed by atoms with Crippen LogP contribution in [0.15, 0.2) is 65.4 Å². The van der Waals surface area contributed by atoms with Crippen molar-refractivity contribution in [2.75, 3.05) is 11.9 Å². The summed E-state index contributed by atoms with van der Waals surface area (Å²) in [5, 5.41) is 4.60. The summed E-state index contributed by atoms with van der Waals surface area (Å²) in [6.07, 6.45) is 4.82. The lowest BCUT2D eigenvalue weighted by atomic mass is 9.96. The fourth-order valence-electron chi connectivity index (χ4n) is 3.71. The van der Waals surface area contributed by atoms with Gasteiger partial charge in [0.2, 0.25) is 5.91 Å². The Labute approximate surface area is 202 Å². The maximum Gasteiger partial charge on any atom is 0.248 e. The number of pyridine rings is 1. The van der Waals surface area contributed by atoms with Crippen molar-refractivity contribution in [1.29, 1.82) is 0 Å². The lowest BCUT2D eigenvalue weighted by Gasteiger charge is -2.15. The van der Waals surface area contributed by atoms with E-state index in [1.54, 1.807) is 24.6 Å². The minimum absolute atomic E-state index is 0.232. The average molecular weight is 481 g/mol. The number of benzene rings is 2. The molecule has 7 heteroatoms. The van der Waals surface area contributed by atoms with Crippen molar-refractivity contribution in [1.82, 2.24) is 4.98 Å². The summed E-state index contributed by atoms with van der Waals surface area (Å²) < 4.78 is 11.9. The molecule has 0 spiro atoms. The maximum atomic E-state index is 12.7. The number of nitrogens with zero attached hydrogens (tertiary/aromatic N) is 1. The number of carbonyl (C=O) groups excluding carboxylic acids is 1. The third-order valence-electron chi connectivity index (χ3n) is 5.28. The normalized spacial score (nSPS) is 11.6. The molecule has 0 fully saturated rings. The van der Waals surface area contributed by atoms with E-state index in [1.807, 2.05) is 51.1 Å². The zero-order valence-corrected chi connectivity index (χ0v) is 19.9. The molecule has 33 heavy (non-hydrogen) atoms. The van der Waals surface area contributed by atoms with Gasteiger partial charge in [0.1, 0.15) is 11.3 Å². The molecule has 0 atom stereocenters. The summed E-state index contributed by atoms with van der Waals surface area (Å²) in [5.74, 6) is 0.371. The third kappa shape index (κ3) is 4.75. The Bertz CT molecular complexity index is 1360. The standard InChI is InChI=1S/C26H22Cl2N2O3/c1-4-32-24-16(3)25-20(21(14-33-25)17-7-9-18(27)10-8-17)13-19(24)15(2)12-23(31)30-22-6-5-11-29-26(22)28/h5-14H,4H2,1-3H3,(H,30,31)/b15-12+. The number of fused-ring (bicyclic) bond motifs is 1. The van der Waals surface area contributed by atoms with Crippen LogP contribution in [0.2, 0.25) is 10.2 Å². The van der Waals surface area contributed by atoms with Gasteiger partial charge in [0.15, 0.2) is 5.15 Å². The number of ether oxygens (including phenoxy) is 1. The molecule has 0 bridgehead atoms. The van der Waals surface area contributed by atoms with Gasteiger partial charge in [-0.2, -0.15) is 0 Å². The Morgan fingerprint density at radius 3 is 2.67 bits per heavy atom. The van der Waals surface area contributed by atoms with Crippen LogP contribution in [0.5, 0.6) is 5.75 Å². The van der Waals surface area contributed by atoms with Crippen LogP contribution < -0.4 is 10.1 Å². The van der Waals surface area contributed by atoms with Gasteiger partial charge in [0.05, 0.1) is 18.6 Å². The number of amides is 1. The van der Waals surface area contributed by atoms with E-state index in [-0.39, 0.29) is 11.1 Å². The molecule has 0 saturated heterocycles. The first kappa shape index (κ1) is 22.9. The molecule has 2 heterocycles. The molecular weight excluding hydrogens is 459 g/mol. The van der Waals surface area contributed by atoms with Gasteiger partial charge in [-0.05, 0) is 62.2 Å². The van der Waals surface area contributed by atoms with E-state index in [2.05, 4.69) is 10.3 Å². The third-order valence-corrected chi connectivity index (χ3v) is 5.83. The Hall–Kier alpha value is -3.28. The van der Waals surface area contributed by atoms with Gasteiger partial charge >= 0.3 is 0 Å². The number of hydrogen-bond acceptors (Lipinski definition) is 4. The van der Waals surface area contributed by atoms with Crippen LogP contribution in [0.25, 0.3) is 27.7 Å². The first-order valence-corrected chi connectivity index (χ1v) is 11.2. The summed E-state index contributed by atoms with van der Waals surface area (Å²) in [6, 6.07) is 13.0. The predicted octanol–water partition coefficient (Wildman–Crippen LogP) is 7.55. The number of allylic oxidation sites excluding steroid dienone is 1. The highest BCUT2D eigenvalue weighted by Crippen LogP contribution is 2.41. The van der Waals surface area contributed by atoms with E-state index in [9.17, 15) is 4.79 Å². The lowest BCUT2D eigenvalue weighted by Crippen LogP contribution is -2.09. The number of carbonyl (C=O) groups is 1. The Morgan fingerprint density at radius 2 is 1.97 bits per heavy atom. The van der Waals surface area contributed by atoms with Gasteiger partial charge in [-0.25, -0.2) is 4.98 Å². The van der Waals surface area contributed by atoms with Crippen LogP contribution in [-0.4, -0.2) is 17.5 Å². The van der Waals surface area contributed by atoms with Crippen LogP contribution in [-0.2, 0) is 4.79 Å². The summed E-state index contributed by atoms with van der Waals surface area (Å²) in [5.41, 5.74) is 5.53. The van der Waals surface area contributed by atoms with Gasteiger partial charge in [-0.3, -0.25) is 4.79 Å². The molecule has 0 aliphatic heterocycles. The highest BCUT2D eigenvalue weighted by molar-refractivity contribution is 6.32. The molecule has 0 saturated carbocycles. The molecule has 4 rings (SSSR count). The van der Waals surface area contributed by atoms with E-state index in [0.717, 1.165) is 38.8 Å². The van der Waals surface area contributed by atoms with E-state index in [0.29, 0.717) is 23.1 Å². The van der Waals surface area contributed by atoms with Gasteiger partial charge in [0, 0.05) is 39.4 Å². The van der Waals surface area contributed by atoms with E-state index in [1.165, 1.54) is 6.08 Å². The van der Waals surface area contributed by atoms with Crippen LogP contribution in [0, 0.1) is 6.92 Å². The Morgan fingerprint density at radius 1 is 1.21 bits per heavy atom. The molecule has 5 nitrogen and oxygen atoms in total. The SMILES string of the molecule is CCOc1c(/C(C)=C/C(=O)Nc2cccnc2Cl)cc2c(-c3ccc(Cl)cc3)coc2c1C. The second-order valence-corrected chi connectivity index (χ2v) is 8.30. The molecular formula is C26H22Cl2N2O3. The summed E-state index contributed by atoms with van der Waals surface area (Å²) in [4.78, 5) is 16.7. The molecule has 2 aromatic heterocycles. The van der Waals surface area contributed by atoms with Gasteiger partial charge in [-0.15, -0.1) is 0 Å². The Balaban J connectivity index is 1.79. The number of nitrogens with one attached hydrogen (secondary N) is 1. The second-order valence-electron chi connectivity index (χ2n) is 7.50. The van der Waals surface area contributed by atoms with Crippen LogP contribution >= 0.6 is 23.2 Å². The molecule has 0 aliphatic rings. The number of anilines is 1. The zero-order chi connectivity index (χ0) is 23.5. The number of furan rings is 1. The van der Waals surface area contributed by atoms with Crippen molar-refractivity contribution in [2.45, 2.75) is 20.8 Å². The minimum atomic E-state index is -0.312. The highest BCUT2D eigenvalue weighted by atomic mass is 35.5. The monoisotopic (exact) mass is 480 g/mol.